The number of ether oxygens (including phenoxy) is 1. The van der Waals surface area contributed by atoms with E-state index in [1.54, 1.807) is 0 Å². The molecule has 2 aromatic rings. The molecule has 154 valence electrons. The number of halogens is 1. The average Bonchev–Trinajstić information content (AvgIpc) is 3.26. The van der Waals surface area contributed by atoms with Crippen molar-refractivity contribution in [2.75, 3.05) is 39.9 Å². The van der Waals surface area contributed by atoms with Gasteiger partial charge in [-0.25, -0.2) is 0 Å². The van der Waals surface area contributed by atoms with Gasteiger partial charge in [-0.2, -0.15) is 0 Å². The van der Waals surface area contributed by atoms with Gasteiger partial charge in [0.05, 0.1) is 19.3 Å². The summed E-state index contributed by atoms with van der Waals surface area (Å²) in [7, 11) is 1.83. The van der Waals surface area contributed by atoms with Crippen molar-refractivity contribution in [1.29, 1.82) is 0 Å². The summed E-state index contributed by atoms with van der Waals surface area (Å²) in [5, 5.41) is 9.14. The Bertz CT molecular complexity index is 717. The van der Waals surface area contributed by atoms with E-state index in [0.717, 1.165) is 51.8 Å². The Morgan fingerprint density at radius 2 is 1.89 bits per heavy atom. The smallest absolute Gasteiger partial charge is 0.191 e. The highest BCUT2D eigenvalue weighted by atomic mass is 127. The van der Waals surface area contributed by atoms with Gasteiger partial charge in [0.25, 0.3) is 0 Å². The number of guanidine groups is 1. The van der Waals surface area contributed by atoms with E-state index in [0.29, 0.717) is 6.04 Å². The number of aliphatic imine (C=N–C) groups is 1. The number of hydrogen-bond acceptors (Lipinski definition) is 4. The van der Waals surface area contributed by atoms with Crippen molar-refractivity contribution in [3.8, 4) is 0 Å². The van der Waals surface area contributed by atoms with Gasteiger partial charge < -0.3 is 15.4 Å². The molecule has 1 aliphatic heterocycles. The largest absolute Gasteiger partial charge is 0.379 e. The number of benzene rings is 1. The number of hydrogen-bond donors (Lipinski definition) is 2. The van der Waals surface area contributed by atoms with Crippen LogP contribution in [0.4, 0.5) is 0 Å². The number of thiophene rings is 1. The Hall–Kier alpha value is -1.16. The van der Waals surface area contributed by atoms with Crippen molar-refractivity contribution in [3.63, 3.8) is 0 Å². The lowest BCUT2D eigenvalue weighted by atomic mass is 10.1. The second kappa shape index (κ2) is 12.4. The lowest BCUT2D eigenvalue weighted by molar-refractivity contribution is 0.0177. The summed E-state index contributed by atoms with van der Waals surface area (Å²) in [6.45, 7) is 7.37. The molecule has 28 heavy (non-hydrogen) atoms. The summed E-state index contributed by atoms with van der Waals surface area (Å²) in [5.74, 6) is 0.843. The third-order valence-corrected chi connectivity index (χ3v) is 5.96. The average molecular weight is 514 g/mol. The number of morpholine rings is 1. The molecule has 2 heterocycles. The molecule has 0 aliphatic carbocycles. The highest BCUT2D eigenvalue weighted by Gasteiger charge is 2.23. The maximum Gasteiger partial charge on any atom is 0.191 e. The van der Waals surface area contributed by atoms with E-state index in [9.17, 15) is 0 Å². The molecule has 0 amide bonds. The van der Waals surface area contributed by atoms with E-state index in [1.165, 1.54) is 16.0 Å². The highest BCUT2D eigenvalue weighted by Crippen LogP contribution is 2.25. The summed E-state index contributed by atoms with van der Waals surface area (Å²) >= 11 is 1.82. The van der Waals surface area contributed by atoms with Gasteiger partial charge in [0.1, 0.15) is 0 Å². The third kappa shape index (κ3) is 6.43. The first-order valence-electron chi connectivity index (χ1n) is 9.68. The molecular formula is C21H31IN4OS. The zero-order chi connectivity index (χ0) is 18.9. The Morgan fingerprint density at radius 3 is 2.54 bits per heavy atom. The van der Waals surface area contributed by atoms with Gasteiger partial charge in [0, 0.05) is 38.1 Å². The number of aryl methyl sites for hydroxylation is 1. The fraction of sp³-hybridized carbons (Fsp3) is 0.476. The number of nitrogens with one attached hydrogen (secondary N) is 2. The van der Waals surface area contributed by atoms with Crippen LogP contribution in [0.15, 0.2) is 46.8 Å². The molecule has 1 aromatic heterocycles. The van der Waals surface area contributed by atoms with Crippen LogP contribution in [-0.2, 0) is 17.7 Å². The minimum Gasteiger partial charge on any atom is -0.379 e. The molecule has 5 nitrogen and oxygen atoms in total. The molecule has 1 unspecified atom stereocenters. The van der Waals surface area contributed by atoms with E-state index in [-0.39, 0.29) is 24.0 Å². The SMILES string of the molecule is CCc1ccccc1CNC(=NC)NCC(c1cccs1)N1CCOCC1.I. The van der Waals surface area contributed by atoms with Crippen molar-refractivity contribution in [3.05, 3.63) is 57.8 Å². The first-order chi connectivity index (χ1) is 13.3. The van der Waals surface area contributed by atoms with Gasteiger partial charge in [-0.15, -0.1) is 35.3 Å². The van der Waals surface area contributed by atoms with Crippen molar-refractivity contribution < 1.29 is 4.74 Å². The zero-order valence-electron chi connectivity index (χ0n) is 16.7. The summed E-state index contributed by atoms with van der Waals surface area (Å²) in [6.07, 6.45) is 1.04. The topological polar surface area (TPSA) is 48.9 Å². The van der Waals surface area contributed by atoms with Crippen molar-refractivity contribution in [2.24, 2.45) is 4.99 Å². The molecule has 0 radical (unpaired) electrons. The van der Waals surface area contributed by atoms with E-state index in [2.05, 4.69) is 69.2 Å². The highest BCUT2D eigenvalue weighted by molar-refractivity contribution is 14.0. The quantitative estimate of drug-likeness (QED) is 0.337. The number of nitrogens with zero attached hydrogens (tertiary/aromatic N) is 2. The predicted octanol–water partition coefficient (Wildman–Crippen LogP) is 3.67. The summed E-state index contributed by atoms with van der Waals surface area (Å²) in [6, 6.07) is 13.3. The van der Waals surface area contributed by atoms with Crippen molar-refractivity contribution in [2.45, 2.75) is 25.9 Å². The van der Waals surface area contributed by atoms with Gasteiger partial charge in [0.2, 0.25) is 0 Å². The zero-order valence-corrected chi connectivity index (χ0v) is 19.8. The molecule has 0 saturated carbocycles. The standard InChI is InChI=1S/C21H30N4OS.HI/c1-3-17-7-4-5-8-18(17)15-23-21(22-2)24-16-19(20-9-6-14-27-20)25-10-12-26-13-11-25;/h4-9,14,19H,3,10-13,15-16H2,1-2H3,(H2,22,23,24);1H. The Kier molecular flexibility index (Phi) is 10.3. The first-order valence-corrected chi connectivity index (χ1v) is 10.6. The van der Waals surface area contributed by atoms with Crippen LogP contribution in [0.2, 0.25) is 0 Å². The van der Waals surface area contributed by atoms with Crippen molar-refractivity contribution in [1.82, 2.24) is 15.5 Å². The maximum absolute atomic E-state index is 5.53. The molecule has 1 atom stereocenters. The molecular weight excluding hydrogens is 483 g/mol. The van der Waals surface area contributed by atoms with Crippen molar-refractivity contribution >= 4 is 41.3 Å². The van der Waals surface area contributed by atoms with Crippen LogP contribution in [-0.4, -0.2) is 50.8 Å². The third-order valence-electron chi connectivity index (χ3n) is 4.99. The molecule has 0 bridgehead atoms. The Labute approximate surface area is 189 Å². The molecule has 7 heteroatoms. The fourth-order valence-corrected chi connectivity index (χ4v) is 4.31. The van der Waals surface area contributed by atoms with Gasteiger partial charge in [-0.05, 0) is 29.0 Å². The molecule has 3 rings (SSSR count). The second-order valence-corrected chi connectivity index (χ2v) is 7.59. The molecule has 2 N–H and O–H groups in total. The van der Waals surface area contributed by atoms with E-state index < -0.39 is 0 Å². The second-order valence-electron chi connectivity index (χ2n) is 6.61. The Morgan fingerprint density at radius 1 is 1.14 bits per heavy atom. The summed E-state index contributed by atoms with van der Waals surface area (Å²) in [5.41, 5.74) is 2.70. The van der Waals surface area contributed by atoms with E-state index in [1.807, 2.05) is 18.4 Å². The van der Waals surface area contributed by atoms with E-state index >= 15 is 0 Å². The van der Waals surface area contributed by atoms with Crippen LogP contribution in [0.3, 0.4) is 0 Å². The molecule has 1 aromatic carbocycles. The molecule has 1 aliphatic rings. The van der Waals surface area contributed by atoms with E-state index in [4.69, 9.17) is 4.74 Å². The Balaban J connectivity index is 0.00000280. The van der Waals surface area contributed by atoms with Crippen LogP contribution in [0, 0.1) is 0 Å². The fourth-order valence-electron chi connectivity index (χ4n) is 3.45. The molecule has 1 saturated heterocycles. The van der Waals surface area contributed by atoms with Crippen LogP contribution >= 0.6 is 35.3 Å². The summed E-state index contributed by atoms with van der Waals surface area (Å²) < 4.78 is 5.53. The predicted molar refractivity (Wildman–Crippen MR) is 129 cm³/mol. The van der Waals surface area contributed by atoms with Gasteiger partial charge in [-0.3, -0.25) is 9.89 Å². The maximum atomic E-state index is 5.53. The minimum atomic E-state index is 0. The molecule has 1 fully saturated rings. The van der Waals surface area contributed by atoms with Gasteiger partial charge in [-0.1, -0.05) is 37.3 Å². The summed E-state index contributed by atoms with van der Waals surface area (Å²) in [4.78, 5) is 8.30. The van der Waals surface area contributed by atoms with Crippen LogP contribution < -0.4 is 10.6 Å². The lowest BCUT2D eigenvalue weighted by Gasteiger charge is -2.34. The minimum absolute atomic E-state index is 0. The number of rotatable bonds is 7. The monoisotopic (exact) mass is 514 g/mol. The molecule has 0 spiro atoms. The van der Waals surface area contributed by atoms with Crippen LogP contribution in [0.5, 0.6) is 0 Å². The van der Waals surface area contributed by atoms with Crippen LogP contribution in [0.25, 0.3) is 0 Å². The normalized spacial score (nSPS) is 16.3. The van der Waals surface area contributed by atoms with Crippen LogP contribution in [0.1, 0.15) is 29.0 Å². The van der Waals surface area contributed by atoms with Gasteiger partial charge in [0.15, 0.2) is 5.96 Å². The first kappa shape index (κ1) is 23.1. The van der Waals surface area contributed by atoms with Gasteiger partial charge >= 0.3 is 0 Å². The lowest BCUT2D eigenvalue weighted by Crippen LogP contribution is -2.46.